The molecule has 224 valence electrons. The number of benzene rings is 1. The number of ether oxygens (including phenoxy) is 1. The minimum atomic E-state index is -4.61. The van der Waals surface area contributed by atoms with Gasteiger partial charge in [0.25, 0.3) is 0 Å². The van der Waals surface area contributed by atoms with Crippen molar-refractivity contribution in [3.63, 3.8) is 0 Å². The number of fused-ring (bicyclic) bond motifs is 1. The van der Waals surface area contributed by atoms with Gasteiger partial charge >= 0.3 is 12.2 Å². The number of aromatic nitrogens is 2. The Kier molecular flexibility index (Phi) is 8.94. The van der Waals surface area contributed by atoms with Gasteiger partial charge in [-0.1, -0.05) is 24.2 Å². The van der Waals surface area contributed by atoms with Crippen molar-refractivity contribution in [2.24, 2.45) is 0 Å². The van der Waals surface area contributed by atoms with E-state index in [4.69, 9.17) is 26.3 Å². The van der Waals surface area contributed by atoms with E-state index in [2.05, 4.69) is 24.6 Å². The molecule has 3 aliphatic rings. The number of anilines is 1. The number of likely N-dealkylation sites (tertiary alicyclic amines) is 2. The molecule has 1 unspecified atom stereocenters. The Morgan fingerprint density at radius 2 is 2.05 bits per heavy atom. The topological polar surface area (TPSA) is 85.6 Å². The van der Waals surface area contributed by atoms with Crippen LogP contribution in [0.4, 0.5) is 18.9 Å². The Morgan fingerprint density at radius 1 is 1.24 bits per heavy atom. The van der Waals surface area contributed by atoms with Crippen molar-refractivity contribution in [1.29, 1.82) is 5.26 Å². The number of carbonyl (C=O) groups is 1. The maximum atomic E-state index is 14.0. The van der Waals surface area contributed by atoms with Crippen LogP contribution in [0.2, 0.25) is 5.02 Å². The summed E-state index contributed by atoms with van der Waals surface area (Å²) in [5, 5.41) is 9.11. The van der Waals surface area contributed by atoms with Crippen LogP contribution in [-0.2, 0) is 23.9 Å². The van der Waals surface area contributed by atoms with Crippen LogP contribution in [0.1, 0.15) is 60.5 Å². The summed E-state index contributed by atoms with van der Waals surface area (Å²) in [6.07, 6.45) is 0.533. The van der Waals surface area contributed by atoms with E-state index >= 15 is 0 Å². The SMILES string of the molecule is C=CC(=O)N1CCC(c2nc(OC[C@H]3CCCN3C)nc3c2CCN(c2cccc(Cl)c2C(F)(F)F)C3)C[C@@H]1CC#N. The van der Waals surface area contributed by atoms with Gasteiger partial charge in [-0.05, 0) is 69.5 Å². The lowest BCUT2D eigenvalue weighted by Crippen LogP contribution is -2.45. The summed E-state index contributed by atoms with van der Waals surface area (Å²) in [5.41, 5.74) is 1.47. The molecule has 1 amide bonds. The van der Waals surface area contributed by atoms with E-state index in [1.165, 1.54) is 24.3 Å². The fourth-order valence-corrected chi connectivity index (χ4v) is 6.74. The van der Waals surface area contributed by atoms with Gasteiger partial charge in [-0.3, -0.25) is 4.79 Å². The average Bonchev–Trinajstić information content (AvgIpc) is 3.38. The third-order valence-electron chi connectivity index (χ3n) is 8.66. The fourth-order valence-electron chi connectivity index (χ4n) is 6.47. The average molecular weight is 603 g/mol. The first-order valence-corrected chi connectivity index (χ1v) is 14.6. The second kappa shape index (κ2) is 12.5. The molecule has 8 nitrogen and oxygen atoms in total. The van der Waals surface area contributed by atoms with Crippen LogP contribution in [0, 0.1) is 11.3 Å². The van der Waals surface area contributed by atoms with Crippen LogP contribution in [0.25, 0.3) is 0 Å². The molecule has 1 aromatic carbocycles. The molecule has 0 radical (unpaired) electrons. The van der Waals surface area contributed by atoms with E-state index < -0.39 is 11.7 Å². The summed E-state index contributed by atoms with van der Waals surface area (Å²) in [6, 6.07) is 6.55. The van der Waals surface area contributed by atoms with Crippen LogP contribution in [-0.4, -0.2) is 71.0 Å². The summed E-state index contributed by atoms with van der Waals surface area (Å²) in [7, 11) is 2.05. The number of hydrogen-bond donors (Lipinski definition) is 0. The van der Waals surface area contributed by atoms with Crippen LogP contribution in [0.15, 0.2) is 30.9 Å². The molecule has 1 aromatic heterocycles. The summed E-state index contributed by atoms with van der Waals surface area (Å²) < 4.78 is 48.2. The third-order valence-corrected chi connectivity index (χ3v) is 8.97. The van der Waals surface area contributed by atoms with Crippen molar-refractivity contribution in [2.45, 2.75) is 69.2 Å². The molecule has 5 rings (SSSR count). The highest BCUT2D eigenvalue weighted by atomic mass is 35.5. The molecule has 0 spiro atoms. The highest BCUT2D eigenvalue weighted by Gasteiger charge is 2.39. The van der Waals surface area contributed by atoms with Gasteiger partial charge in [-0.2, -0.15) is 28.4 Å². The van der Waals surface area contributed by atoms with Gasteiger partial charge in [0, 0.05) is 31.1 Å². The van der Waals surface area contributed by atoms with Crippen molar-refractivity contribution >= 4 is 23.2 Å². The zero-order valence-corrected chi connectivity index (χ0v) is 24.3. The van der Waals surface area contributed by atoms with Gasteiger partial charge in [-0.15, -0.1) is 0 Å². The molecule has 2 saturated heterocycles. The van der Waals surface area contributed by atoms with E-state index in [9.17, 15) is 23.2 Å². The standard InChI is InChI=1S/C30H34ClF3N6O2/c1-3-26(41)40-15-10-19(16-20(40)9-12-35)28-22-11-14-39(25-8-4-7-23(31)27(25)30(32,33)34)17-24(22)36-29(37-28)42-18-21-6-5-13-38(21)2/h3-4,7-8,19-21H,1,5-6,9-11,13-18H2,2H3/t19?,20-,21+/m0/s1. The number of piperidine rings is 1. The quantitative estimate of drug-likeness (QED) is 0.395. The minimum Gasteiger partial charge on any atom is -0.462 e. The number of hydrogen-bond acceptors (Lipinski definition) is 7. The van der Waals surface area contributed by atoms with Crippen LogP contribution >= 0.6 is 11.6 Å². The van der Waals surface area contributed by atoms with Crippen LogP contribution in [0.5, 0.6) is 6.01 Å². The number of alkyl halides is 3. The molecule has 0 aliphatic carbocycles. The highest BCUT2D eigenvalue weighted by Crippen LogP contribution is 2.43. The van der Waals surface area contributed by atoms with Gasteiger partial charge in [0.05, 0.1) is 46.7 Å². The molecular weight excluding hydrogens is 569 g/mol. The Balaban J connectivity index is 1.49. The number of carbonyl (C=O) groups excluding carboxylic acids is 1. The summed E-state index contributed by atoms with van der Waals surface area (Å²) in [6.45, 7) is 5.92. The highest BCUT2D eigenvalue weighted by molar-refractivity contribution is 6.31. The van der Waals surface area contributed by atoms with Crippen LogP contribution < -0.4 is 9.64 Å². The second-order valence-electron chi connectivity index (χ2n) is 11.2. The maximum Gasteiger partial charge on any atom is 0.419 e. The number of halogens is 4. The Hall–Kier alpha value is -3.36. The van der Waals surface area contributed by atoms with Crippen molar-refractivity contribution < 1.29 is 22.7 Å². The lowest BCUT2D eigenvalue weighted by atomic mass is 9.83. The number of amides is 1. The molecule has 0 saturated carbocycles. The summed E-state index contributed by atoms with van der Waals surface area (Å²) >= 11 is 6.03. The number of nitrogens with zero attached hydrogens (tertiary/aromatic N) is 6. The molecular formula is C30H34ClF3N6O2. The first-order valence-electron chi connectivity index (χ1n) is 14.2. The molecule has 4 heterocycles. The number of likely N-dealkylation sites (N-methyl/N-ethyl adjacent to an activating group) is 1. The molecule has 3 atom stereocenters. The van der Waals surface area contributed by atoms with E-state index in [0.717, 1.165) is 30.6 Å². The molecule has 0 N–H and O–H groups in total. The monoisotopic (exact) mass is 602 g/mol. The van der Waals surface area contributed by atoms with Crippen molar-refractivity contribution in [3.05, 3.63) is 58.4 Å². The smallest absolute Gasteiger partial charge is 0.419 e. The molecule has 12 heteroatoms. The lowest BCUT2D eigenvalue weighted by Gasteiger charge is -2.39. The van der Waals surface area contributed by atoms with Crippen molar-refractivity contribution in [1.82, 2.24) is 19.8 Å². The van der Waals surface area contributed by atoms with E-state index in [1.54, 1.807) is 9.80 Å². The minimum absolute atomic E-state index is 0.0150. The second-order valence-corrected chi connectivity index (χ2v) is 11.6. The van der Waals surface area contributed by atoms with Crippen molar-refractivity contribution in [2.75, 3.05) is 38.2 Å². The lowest BCUT2D eigenvalue weighted by molar-refractivity contribution is -0.137. The Morgan fingerprint density at radius 3 is 2.74 bits per heavy atom. The summed E-state index contributed by atoms with van der Waals surface area (Å²) in [4.78, 5) is 27.6. The largest absolute Gasteiger partial charge is 0.462 e. The first-order chi connectivity index (χ1) is 20.1. The zero-order valence-electron chi connectivity index (χ0n) is 23.5. The maximum absolute atomic E-state index is 14.0. The number of nitriles is 1. The van der Waals surface area contributed by atoms with Gasteiger partial charge in [0.15, 0.2) is 0 Å². The normalized spacial score (nSPS) is 22.9. The van der Waals surface area contributed by atoms with Crippen LogP contribution in [0.3, 0.4) is 0 Å². The predicted molar refractivity (Wildman–Crippen MR) is 152 cm³/mol. The van der Waals surface area contributed by atoms with Crippen molar-refractivity contribution in [3.8, 4) is 12.1 Å². The Labute approximate surface area is 248 Å². The molecule has 3 aliphatic heterocycles. The van der Waals surface area contributed by atoms with Gasteiger partial charge < -0.3 is 19.4 Å². The molecule has 0 bridgehead atoms. The van der Waals surface area contributed by atoms with Gasteiger partial charge in [0.1, 0.15) is 6.61 Å². The Bertz CT molecular complexity index is 1380. The van der Waals surface area contributed by atoms with Gasteiger partial charge in [0.2, 0.25) is 5.91 Å². The molecule has 2 fully saturated rings. The van der Waals surface area contributed by atoms with E-state index in [1.807, 2.05) is 0 Å². The van der Waals surface area contributed by atoms with E-state index in [0.29, 0.717) is 44.7 Å². The van der Waals surface area contributed by atoms with E-state index in [-0.39, 0.29) is 53.6 Å². The first kappa shape index (κ1) is 30.1. The molecule has 2 aromatic rings. The fraction of sp³-hybridized carbons (Fsp3) is 0.533. The summed E-state index contributed by atoms with van der Waals surface area (Å²) in [5.74, 6) is -0.269. The third kappa shape index (κ3) is 6.20. The zero-order chi connectivity index (χ0) is 30.0. The number of rotatable bonds is 7. The predicted octanol–water partition coefficient (Wildman–Crippen LogP) is 5.36. The van der Waals surface area contributed by atoms with Gasteiger partial charge in [-0.25, -0.2) is 0 Å². The molecule has 42 heavy (non-hydrogen) atoms.